The van der Waals surface area contributed by atoms with Crippen molar-refractivity contribution >= 4 is 5.91 Å². The summed E-state index contributed by atoms with van der Waals surface area (Å²) in [6.45, 7) is -0.747. The molecule has 152 valence electrons. The average molecular weight is 395 g/mol. The van der Waals surface area contributed by atoms with Gasteiger partial charge in [0.1, 0.15) is 0 Å². The summed E-state index contributed by atoms with van der Waals surface area (Å²) in [5.41, 5.74) is 2.12. The van der Waals surface area contributed by atoms with Crippen LogP contribution in [-0.2, 0) is 6.54 Å². The molecule has 0 spiro atoms. The zero-order chi connectivity index (χ0) is 20.8. The molecule has 6 nitrogen and oxygen atoms in total. The predicted octanol–water partition coefficient (Wildman–Crippen LogP) is 3.89. The number of carbonyl (C=O) groups excluding carboxylic acids is 1. The Labute approximate surface area is 162 Å². The molecule has 1 amide bonds. The third-order valence-corrected chi connectivity index (χ3v) is 4.22. The lowest BCUT2D eigenvalue weighted by Crippen LogP contribution is -2.26. The fourth-order valence-corrected chi connectivity index (χ4v) is 2.73. The van der Waals surface area contributed by atoms with E-state index in [1.165, 1.54) is 30.2 Å². The van der Waals surface area contributed by atoms with Gasteiger partial charge in [0.15, 0.2) is 23.0 Å². The number of methoxy groups -OCH3 is 3. The summed E-state index contributed by atoms with van der Waals surface area (Å²) in [5, 5.41) is 0. The monoisotopic (exact) mass is 395 g/mol. The quantitative estimate of drug-likeness (QED) is 0.679. The molecule has 0 saturated heterocycles. The SMILES string of the molecule is COc1cc(C)c(CN(C)C(=O)c2ccc(OC(F)F)c(OC)c2)cc1OC. The van der Waals surface area contributed by atoms with Crippen LogP contribution in [0.15, 0.2) is 30.3 Å². The molecule has 0 N–H and O–H groups in total. The number of carbonyl (C=O) groups is 1. The van der Waals surface area contributed by atoms with E-state index in [2.05, 4.69) is 4.74 Å². The van der Waals surface area contributed by atoms with E-state index in [-0.39, 0.29) is 17.4 Å². The van der Waals surface area contributed by atoms with Gasteiger partial charge < -0.3 is 23.8 Å². The van der Waals surface area contributed by atoms with Crippen LogP contribution in [0.5, 0.6) is 23.0 Å². The van der Waals surface area contributed by atoms with E-state index in [4.69, 9.17) is 14.2 Å². The van der Waals surface area contributed by atoms with Crippen molar-refractivity contribution in [1.29, 1.82) is 0 Å². The molecule has 2 rings (SSSR count). The third kappa shape index (κ3) is 4.82. The Balaban J connectivity index is 2.23. The van der Waals surface area contributed by atoms with Gasteiger partial charge in [-0.3, -0.25) is 4.79 Å². The van der Waals surface area contributed by atoms with Crippen LogP contribution in [0.2, 0.25) is 0 Å². The van der Waals surface area contributed by atoms with Gasteiger partial charge in [-0.15, -0.1) is 0 Å². The number of nitrogens with zero attached hydrogens (tertiary/aromatic N) is 1. The Kier molecular flexibility index (Phi) is 7.03. The summed E-state index contributed by atoms with van der Waals surface area (Å²) in [6.07, 6.45) is 0. The van der Waals surface area contributed by atoms with Crippen molar-refractivity contribution in [3.05, 3.63) is 47.0 Å². The molecule has 0 aromatic heterocycles. The van der Waals surface area contributed by atoms with Gasteiger partial charge in [-0.25, -0.2) is 0 Å². The van der Waals surface area contributed by atoms with Crippen LogP contribution < -0.4 is 18.9 Å². The first-order valence-electron chi connectivity index (χ1n) is 8.40. The molecule has 0 aliphatic heterocycles. The number of hydrogen-bond acceptors (Lipinski definition) is 5. The molecule has 0 unspecified atom stereocenters. The molecule has 0 fully saturated rings. The van der Waals surface area contributed by atoms with E-state index >= 15 is 0 Å². The second-order valence-electron chi connectivity index (χ2n) is 6.04. The summed E-state index contributed by atoms with van der Waals surface area (Å²) >= 11 is 0. The minimum absolute atomic E-state index is 0.0573. The maximum atomic E-state index is 12.8. The number of hydrogen-bond donors (Lipinski definition) is 0. The Morgan fingerprint density at radius 1 is 0.964 bits per heavy atom. The molecule has 2 aromatic rings. The summed E-state index contributed by atoms with van der Waals surface area (Å²) in [7, 11) is 6.07. The number of benzene rings is 2. The smallest absolute Gasteiger partial charge is 0.387 e. The Bertz CT molecular complexity index is 842. The van der Waals surface area contributed by atoms with Crippen molar-refractivity contribution in [3.8, 4) is 23.0 Å². The largest absolute Gasteiger partial charge is 0.493 e. The molecule has 0 aliphatic carbocycles. The summed E-state index contributed by atoms with van der Waals surface area (Å²) in [6, 6.07) is 7.73. The number of aryl methyl sites for hydroxylation is 1. The van der Waals surface area contributed by atoms with Crippen LogP contribution in [0.1, 0.15) is 21.5 Å². The maximum absolute atomic E-state index is 12.8. The maximum Gasteiger partial charge on any atom is 0.387 e. The molecule has 0 saturated carbocycles. The van der Waals surface area contributed by atoms with E-state index < -0.39 is 6.61 Å². The van der Waals surface area contributed by atoms with Crippen molar-refractivity contribution in [1.82, 2.24) is 4.90 Å². The minimum Gasteiger partial charge on any atom is -0.493 e. The molecule has 0 bridgehead atoms. The van der Waals surface area contributed by atoms with Gasteiger partial charge in [0.25, 0.3) is 5.91 Å². The Hall–Kier alpha value is -3.03. The zero-order valence-electron chi connectivity index (χ0n) is 16.4. The third-order valence-electron chi connectivity index (χ3n) is 4.22. The Morgan fingerprint density at radius 3 is 2.11 bits per heavy atom. The fraction of sp³-hybridized carbons (Fsp3) is 0.350. The number of amides is 1. The summed E-state index contributed by atoms with van der Waals surface area (Å²) in [5.74, 6) is 0.807. The van der Waals surface area contributed by atoms with Crippen LogP contribution in [-0.4, -0.2) is 45.8 Å². The first-order valence-corrected chi connectivity index (χ1v) is 8.40. The first kappa shape index (κ1) is 21.3. The molecule has 28 heavy (non-hydrogen) atoms. The van der Waals surface area contributed by atoms with Gasteiger partial charge >= 0.3 is 6.61 Å². The number of halogens is 2. The van der Waals surface area contributed by atoms with Crippen LogP contribution in [0.4, 0.5) is 8.78 Å². The highest BCUT2D eigenvalue weighted by atomic mass is 19.3. The first-order chi connectivity index (χ1) is 13.3. The van der Waals surface area contributed by atoms with Crippen molar-refractivity contribution in [2.24, 2.45) is 0 Å². The van der Waals surface area contributed by atoms with E-state index in [0.717, 1.165) is 11.1 Å². The normalized spacial score (nSPS) is 10.6. The van der Waals surface area contributed by atoms with Gasteiger partial charge in [-0.2, -0.15) is 8.78 Å². The highest BCUT2D eigenvalue weighted by Gasteiger charge is 2.18. The molecule has 0 radical (unpaired) electrons. The van der Waals surface area contributed by atoms with Gasteiger partial charge in [-0.05, 0) is 48.4 Å². The van der Waals surface area contributed by atoms with Crippen molar-refractivity contribution < 1.29 is 32.5 Å². The molecule has 0 atom stereocenters. The Morgan fingerprint density at radius 2 is 1.54 bits per heavy atom. The van der Waals surface area contributed by atoms with E-state index in [0.29, 0.717) is 23.6 Å². The standard InChI is InChI=1S/C20H23F2NO5/c1-12-8-16(25-3)18(27-5)10-14(12)11-23(2)19(24)13-6-7-15(28-20(21)22)17(9-13)26-4/h6-10,20H,11H2,1-5H3. The summed E-state index contributed by atoms with van der Waals surface area (Å²) in [4.78, 5) is 14.3. The highest BCUT2D eigenvalue weighted by Crippen LogP contribution is 2.32. The highest BCUT2D eigenvalue weighted by molar-refractivity contribution is 5.94. The van der Waals surface area contributed by atoms with Gasteiger partial charge in [0.2, 0.25) is 0 Å². The van der Waals surface area contributed by atoms with E-state index in [1.807, 2.05) is 19.1 Å². The fourth-order valence-electron chi connectivity index (χ4n) is 2.73. The topological polar surface area (TPSA) is 57.2 Å². The van der Waals surface area contributed by atoms with Gasteiger partial charge in [0, 0.05) is 19.2 Å². The average Bonchev–Trinajstić information content (AvgIpc) is 2.68. The molecular weight excluding hydrogens is 372 g/mol. The number of alkyl halides is 2. The molecule has 0 heterocycles. The van der Waals surface area contributed by atoms with E-state index in [9.17, 15) is 13.6 Å². The van der Waals surface area contributed by atoms with Gasteiger partial charge in [0.05, 0.1) is 21.3 Å². The second-order valence-corrected chi connectivity index (χ2v) is 6.04. The second kappa shape index (κ2) is 9.25. The van der Waals surface area contributed by atoms with Crippen molar-refractivity contribution in [2.75, 3.05) is 28.4 Å². The van der Waals surface area contributed by atoms with Crippen LogP contribution in [0, 0.1) is 6.92 Å². The lowest BCUT2D eigenvalue weighted by Gasteiger charge is -2.20. The predicted molar refractivity (Wildman–Crippen MR) is 99.7 cm³/mol. The van der Waals surface area contributed by atoms with Crippen molar-refractivity contribution in [2.45, 2.75) is 20.1 Å². The molecule has 2 aromatic carbocycles. The molecule has 0 aliphatic rings. The van der Waals surface area contributed by atoms with Crippen LogP contribution in [0.3, 0.4) is 0 Å². The van der Waals surface area contributed by atoms with Crippen LogP contribution >= 0.6 is 0 Å². The van der Waals surface area contributed by atoms with Crippen LogP contribution in [0.25, 0.3) is 0 Å². The molecular formula is C20H23F2NO5. The number of ether oxygens (including phenoxy) is 4. The lowest BCUT2D eigenvalue weighted by atomic mass is 10.1. The minimum atomic E-state index is -2.98. The molecule has 8 heteroatoms. The van der Waals surface area contributed by atoms with Crippen molar-refractivity contribution in [3.63, 3.8) is 0 Å². The van der Waals surface area contributed by atoms with E-state index in [1.54, 1.807) is 21.3 Å². The summed E-state index contributed by atoms with van der Waals surface area (Å²) < 4.78 is 44.9. The number of rotatable bonds is 8. The van der Waals surface area contributed by atoms with Gasteiger partial charge in [-0.1, -0.05) is 0 Å². The zero-order valence-corrected chi connectivity index (χ0v) is 16.4. The lowest BCUT2D eigenvalue weighted by molar-refractivity contribution is -0.0512.